The van der Waals surface area contributed by atoms with Crippen molar-refractivity contribution in [2.45, 2.75) is 26.2 Å². The summed E-state index contributed by atoms with van der Waals surface area (Å²) < 4.78 is 5.47. The fourth-order valence-corrected chi connectivity index (χ4v) is 1.89. The Bertz CT molecular complexity index is 350. The van der Waals surface area contributed by atoms with E-state index in [1.54, 1.807) is 7.11 Å². The molecule has 0 radical (unpaired) electrons. The molecular weight excluding hydrogens is 224 g/mol. The van der Waals surface area contributed by atoms with Crippen LogP contribution in [-0.2, 0) is 6.42 Å². The lowest BCUT2D eigenvalue weighted by Gasteiger charge is -2.13. The molecule has 0 fully saturated rings. The Morgan fingerprint density at radius 1 is 1.17 bits per heavy atom. The largest absolute Gasteiger partial charge is 0.496 e. The van der Waals surface area contributed by atoms with Crippen molar-refractivity contribution in [2.24, 2.45) is 0 Å². The monoisotopic (exact) mass is 250 g/mol. The van der Waals surface area contributed by atoms with Gasteiger partial charge in [-0.1, -0.05) is 26.0 Å². The van der Waals surface area contributed by atoms with E-state index in [1.165, 1.54) is 11.1 Å². The number of likely N-dealkylation sites (N-methyl/N-ethyl adjacent to an activating group) is 1. The van der Waals surface area contributed by atoms with E-state index in [-0.39, 0.29) is 0 Å². The summed E-state index contributed by atoms with van der Waals surface area (Å²) in [5.74, 6) is 1.55. The molecule has 1 aromatic carbocycles. The molecule has 0 aromatic heterocycles. The SMILES string of the molecule is CNCCNCCc1ccc(C(C)C)cc1OC. The van der Waals surface area contributed by atoms with Crippen molar-refractivity contribution in [1.29, 1.82) is 0 Å². The third-order valence-corrected chi connectivity index (χ3v) is 3.10. The molecule has 3 nitrogen and oxygen atoms in total. The van der Waals surface area contributed by atoms with E-state index in [0.29, 0.717) is 5.92 Å². The summed E-state index contributed by atoms with van der Waals surface area (Å²) in [5.41, 5.74) is 2.61. The Balaban J connectivity index is 2.54. The fraction of sp³-hybridized carbons (Fsp3) is 0.600. The second-order valence-corrected chi connectivity index (χ2v) is 4.83. The van der Waals surface area contributed by atoms with Gasteiger partial charge in [-0.15, -0.1) is 0 Å². The van der Waals surface area contributed by atoms with Gasteiger partial charge in [0.15, 0.2) is 0 Å². The smallest absolute Gasteiger partial charge is 0.122 e. The number of hydrogen-bond donors (Lipinski definition) is 2. The van der Waals surface area contributed by atoms with Gasteiger partial charge in [0.1, 0.15) is 5.75 Å². The molecule has 1 rings (SSSR count). The first-order chi connectivity index (χ1) is 8.69. The van der Waals surface area contributed by atoms with E-state index in [2.05, 4.69) is 42.7 Å². The molecule has 2 N–H and O–H groups in total. The van der Waals surface area contributed by atoms with Gasteiger partial charge >= 0.3 is 0 Å². The quantitative estimate of drug-likeness (QED) is 0.694. The molecule has 1 aromatic rings. The minimum absolute atomic E-state index is 0.543. The molecule has 0 unspecified atom stereocenters. The third-order valence-electron chi connectivity index (χ3n) is 3.10. The van der Waals surface area contributed by atoms with Crippen LogP contribution in [0.25, 0.3) is 0 Å². The standard InChI is InChI=1S/C15H26N2O/c1-12(2)14-6-5-13(15(11-14)18-4)7-8-17-10-9-16-3/h5-6,11-12,16-17H,7-10H2,1-4H3. The molecule has 0 spiro atoms. The van der Waals surface area contributed by atoms with Gasteiger partial charge in [0.25, 0.3) is 0 Å². The molecule has 0 saturated carbocycles. The molecule has 0 saturated heterocycles. The molecular formula is C15H26N2O. The van der Waals surface area contributed by atoms with Crippen LogP contribution in [-0.4, -0.2) is 33.8 Å². The summed E-state index contributed by atoms with van der Waals surface area (Å²) in [5, 5.41) is 6.53. The Kier molecular flexibility index (Phi) is 6.76. The lowest BCUT2D eigenvalue weighted by Crippen LogP contribution is -2.26. The zero-order valence-electron chi connectivity index (χ0n) is 12.0. The van der Waals surface area contributed by atoms with Crippen molar-refractivity contribution in [3.05, 3.63) is 29.3 Å². The van der Waals surface area contributed by atoms with Gasteiger partial charge in [0.2, 0.25) is 0 Å². The van der Waals surface area contributed by atoms with Gasteiger partial charge in [0, 0.05) is 13.1 Å². The van der Waals surface area contributed by atoms with Crippen molar-refractivity contribution >= 4 is 0 Å². The van der Waals surface area contributed by atoms with Crippen LogP contribution < -0.4 is 15.4 Å². The number of methoxy groups -OCH3 is 1. The topological polar surface area (TPSA) is 33.3 Å². The molecule has 0 atom stereocenters. The van der Waals surface area contributed by atoms with E-state index in [9.17, 15) is 0 Å². The van der Waals surface area contributed by atoms with E-state index in [0.717, 1.165) is 31.8 Å². The van der Waals surface area contributed by atoms with Crippen molar-refractivity contribution in [3.63, 3.8) is 0 Å². The van der Waals surface area contributed by atoms with Gasteiger partial charge in [-0.05, 0) is 43.1 Å². The predicted octanol–water partition coefficient (Wildman–Crippen LogP) is 2.17. The van der Waals surface area contributed by atoms with Crippen LogP contribution in [0.15, 0.2) is 18.2 Å². The van der Waals surface area contributed by atoms with Crippen molar-refractivity contribution in [2.75, 3.05) is 33.8 Å². The summed E-state index contributed by atoms with van der Waals surface area (Å²) in [4.78, 5) is 0. The molecule has 18 heavy (non-hydrogen) atoms. The molecule has 0 heterocycles. The molecule has 102 valence electrons. The van der Waals surface area contributed by atoms with Crippen LogP contribution in [0.2, 0.25) is 0 Å². The highest BCUT2D eigenvalue weighted by Gasteiger charge is 2.06. The van der Waals surface area contributed by atoms with Crippen LogP contribution in [0.3, 0.4) is 0 Å². The van der Waals surface area contributed by atoms with E-state index < -0.39 is 0 Å². The molecule has 0 aliphatic heterocycles. The normalized spacial score (nSPS) is 10.9. The van der Waals surface area contributed by atoms with E-state index in [1.807, 2.05) is 7.05 Å². The first-order valence-corrected chi connectivity index (χ1v) is 6.71. The summed E-state index contributed by atoms with van der Waals surface area (Å²) in [6.45, 7) is 7.40. The Labute approximate surface area is 111 Å². The van der Waals surface area contributed by atoms with Gasteiger partial charge in [0.05, 0.1) is 7.11 Å². The molecule has 0 amide bonds. The Morgan fingerprint density at radius 2 is 1.94 bits per heavy atom. The molecule has 0 aliphatic carbocycles. The average molecular weight is 250 g/mol. The van der Waals surface area contributed by atoms with Crippen LogP contribution in [0.1, 0.15) is 30.9 Å². The Morgan fingerprint density at radius 3 is 2.56 bits per heavy atom. The first-order valence-electron chi connectivity index (χ1n) is 6.71. The maximum absolute atomic E-state index is 5.47. The first kappa shape index (κ1) is 15.0. The summed E-state index contributed by atoms with van der Waals surface area (Å²) in [7, 11) is 3.71. The zero-order valence-corrected chi connectivity index (χ0v) is 12.0. The maximum atomic E-state index is 5.47. The number of benzene rings is 1. The molecule has 3 heteroatoms. The minimum atomic E-state index is 0.543. The number of ether oxygens (including phenoxy) is 1. The maximum Gasteiger partial charge on any atom is 0.122 e. The van der Waals surface area contributed by atoms with Crippen molar-refractivity contribution in [1.82, 2.24) is 10.6 Å². The predicted molar refractivity (Wildman–Crippen MR) is 77.6 cm³/mol. The average Bonchev–Trinajstić information content (AvgIpc) is 2.38. The van der Waals surface area contributed by atoms with Gasteiger partial charge in [-0.25, -0.2) is 0 Å². The van der Waals surface area contributed by atoms with Gasteiger partial charge in [-0.3, -0.25) is 0 Å². The number of rotatable bonds is 8. The van der Waals surface area contributed by atoms with Gasteiger partial charge in [-0.2, -0.15) is 0 Å². The highest BCUT2D eigenvalue weighted by Crippen LogP contribution is 2.24. The molecule has 0 aliphatic rings. The van der Waals surface area contributed by atoms with Crippen LogP contribution >= 0.6 is 0 Å². The third kappa shape index (κ3) is 4.67. The Hall–Kier alpha value is -1.06. The van der Waals surface area contributed by atoms with E-state index in [4.69, 9.17) is 4.74 Å². The van der Waals surface area contributed by atoms with Crippen molar-refractivity contribution in [3.8, 4) is 5.75 Å². The lowest BCUT2D eigenvalue weighted by atomic mass is 10.00. The fourth-order valence-electron chi connectivity index (χ4n) is 1.89. The lowest BCUT2D eigenvalue weighted by molar-refractivity contribution is 0.408. The second-order valence-electron chi connectivity index (χ2n) is 4.83. The minimum Gasteiger partial charge on any atom is -0.496 e. The number of nitrogens with one attached hydrogen (secondary N) is 2. The second kappa shape index (κ2) is 8.11. The van der Waals surface area contributed by atoms with Crippen LogP contribution in [0, 0.1) is 0 Å². The van der Waals surface area contributed by atoms with Crippen molar-refractivity contribution < 1.29 is 4.74 Å². The summed E-state index contributed by atoms with van der Waals surface area (Å²) in [6.07, 6.45) is 1.01. The zero-order chi connectivity index (χ0) is 13.4. The highest BCUT2D eigenvalue weighted by atomic mass is 16.5. The summed E-state index contributed by atoms with van der Waals surface area (Å²) >= 11 is 0. The van der Waals surface area contributed by atoms with Crippen LogP contribution in [0.5, 0.6) is 5.75 Å². The summed E-state index contributed by atoms with van der Waals surface area (Å²) in [6, 6.07) is 6.55. The highest BCUT2D eigenvalue weighted by molar-refractivity contribution is 5.38. The number of hydrogen-bond acceptors (Lipinski definition) is 3. The van der Waals surface area contributed by atoms with Gasteiger partial charge < -0.3 is 15.4 Å². The van der Waals surface area contributed by atoms with E-state index >= 15 is 0 Å². The van der Waals surface area contributed by atoms with Crippen LogP contribution in [0.4, 0.5) is 0 Å². The molecule has 0 bridgehead atoms.